The first kappa shape index (κ1) is 10.9. The van der Waals surface area contributed by atoms with E-state index in [1.807, 2.05) is 6.92 Å². The van der Waals surface area contributed by atoms with E-state index in [9.17, 15) is 10.2 Å². The first-order valence-corrected chi connectivity index (χ1v) is 4.88. The summed E-state index contributed by atoms with van der Waals surface area (Å²) in [7, 11) is 0. The molecule has 2 atom stereocenters. The van der Waals surface area contributed by atoms with Gasteiger partial charge in [-0.3, -0.25) is 4.90 Å². The fraction of sp³-hybridized carbons (Fsp3) is 1.00. The average molecular weight is 189 g/mol. The van der Waals surface area contributed by atoms with Gasteiger partial charge in [0.15, 0.2) is 0 Å². The van der Waals surface area contributed by atoms with Gasteiger partial charge in [-0.15, -0.1) is 0 Å². The van der Waals surface area contributed by atoms with E-state index in [4.69, 9.17) is 4.74 Å². The van der Waals surface area contributed by atoms with Crippen molar-refractivity contribution in [1.29, 1.82) is 0 Å². The first-order chi connectivity index (χ1) is 6.22. The molecule has 0 aromatic rings. The molecule has 1 rings (SSSR count). The molecule has 0 radical (unpaired) electrons. The molecular formula is C9H19NO3. The summed E-state index contributed by atoms with van der Waals surface area (Å²) < 4.78 is 5.09. The fourth-order valence-electron chi connectivity index (χ4n) is 1.58. The van der Waals surface area contributed by atoms with Crippen molar-refractivity contribution < 1.29 is 14.9 Å². The van der Waals surface area contributed by atoms with Gasteiger partial charge in [-0.25, -0.2) is 0 Å². The highest BCUT2D eigenvalue weighted by Gasteiger charge is 2.21. The van der Waals surface area contributed by atoms with Crippen molar-refractivity contribution in [2.45, 2.75) is 25.6 Å². The Morgan fingerprint density at radius 2 is 2.38 bits per heavy atom. The minimum absolute atomic E-state index is 0.209. The quantitative estimate of drug-likeness (QED) is 0.609. The van der Waals surface area contributed by atoms with Gasteiger partial charge in [0.2, 0.25) is 0 Å². The minimum atomic E-state index is -0.426. The van der Waals surface area contributed by atoms with E-state index < -0.39 is 6.10 Å². The van der Waals surface area contributed by atoms with E-state index in [2.05, 4.69) is 4.90 Å². The van der Waals surface area contributed by atoms with Crippen LogP contribution >= 0.6 is 0 Å². The van der Waals surface area contributed by atoms with Crippen molar-refractivity contribution in [2.24, 2.45) is 0 Å². The SMILES string of the molecule is CCOCC(O)CN1CC[C@H](O)C1. The molecule has 0 spiro atoms. The summed E-state index contributed by atoms with van der Waals surface area (Å²) >= 11 is 0. The molecule has 1 heterocycles. The summed E-state index contributed by atoms with van der Waals surface area (Å²) in [6, 6.07) is 0. The van der Waals surface area contributed by atoms with Crippen molar-refractivity contribution in [1.82, 2.24) is 4.90 Å². The van der Waals surface area contributed by atoms with E-state index in [0.717, 1.165) is 13.0 Å². The van der Waals surface area contributed by atoms with Gasteiger partial charge in [0, 0.05) is 26.2 Å². The van der Waals surface area contributed by atoms with Crippen molar-refractivity contribution in [3.8, 4) is 0 Å². The number of rotatable bonds is 5. The molecule has 13 heavy (non-hydrogen) atoms. The van der Waals surface area contributed by atoms with E-state index in [1.165, 1.54) is 0 Å². The van der Waals surface area contributed by atoms with Crippen molar-refractivity contribution in [3.63, 3.8) is 0 Å². The van der Waals surface area contributed by atoms with Crippen LogP contribution in [0.15, 0.2) is 0 Å². The monoisotopic (exact) mass is 189 g/mol. The Labute approximate surface area is 79.1 Å². The lowest BCUT2D eigenvalue weighted by atomic mass is 10.3. The van der Waals surface area contributed by atoms with Crippen LogP contribution in [0.3, 0.4) is 0 Å². The fourth-order valence-corrected chi connectivity index (χ4v) is 1.58. The Hall–Kier alpha value is -0.160. The molecule has 4 nitrogen and oxygen atoms in total. The summed E-state index contributed by atoms with van der Waals surface area (Å²) in [6.07, 6.45) is 0.186. The number of aliphatic hydroxyl groups is 2. The number of β-amino-alcohol motifs (C(OH)–C–C–N with tert-alkyl or cyclic N) is 2. The zero-order chi connectivity index (χ0) is 9.68. The van der Waals surface area contributed by atoms with Crippen molar-refractivity contribution in [3.05, 3.63) is 0 Å². The molecule has 0 aromatic carbocycles. The predicted octanol–water partition coefficient (Wildman–Crippen LogP) is -0.550. The lowest BCUT2D eigenvalue weighted by Gasteiger charge is -2.18. The van der Waals surface area contributed by atoms with Gasteiger partial charge in [-0.1, -0.05) is 0 Å². The minimum Gasteiger partial charge on any atom is -0.392 e. The Bertz CT molecular complexity index is 143. The number of likely N-dealkylation sites (tertiary alicyclic amines) is 1. The maximum Gasteiger partial charge on any atom is 0.0900 e. The van der Waals surface area contributed by atoms with E-state index >= 15 is 0 Å². The zero-order valence-electron chi connectivity index (χ0n) is 8.15. The molecule has 0 aromatic heterocycles. The Morgan fingerprint density at radius 1 is 1.62 bits per heavy atom. The Balaban J connectivity index is 2.09. The number of aliphatic hydroxyl groups excluding tert-OH is 2. The second-order valence-electron chi connectivity index (χ2n) is 3.52. The van der Waals surface area contributed by atoms with Crippen LogP contribution in [-0.2, 0) is 4.74 Å². The third-order valence-corrected chi connectivity index (χ3v) is 2.23. The first-order valence-electron chi connectivity index (χ1n) is 4.88. The third-order valence-electron chi connectivity index (χ3n) is 2.23. The van der Waals surface area contributed by atoms with Crippen LogP contribution in [0.4, 0.5) is 0 Å². The van der Waals surface area contributed by atoms with E-state index in [1.54, 1.807) is 0 Å². The van der Waals surface area contributed by atoms with Gasteiger partial charge in [0.25, 0.3) is 0 Å². The van der Waals surface area contributed by atoms with Gasteiger partial charge in [0.1, 0.15) is 0 Å². The summed E-state index contributed by atoms with van der Waals surface area (Å²) in [6.45, 7) is 5.11. The van der Waals surface area contributed by atoms with Crippen molar-refractivity contribution >= 4 is 0 Å². The van der Waals surface area contributed by atoms with E-state index in [0.29, 0.717) is 26.3 Å². The average Bonchev–Trinajstić information content (AvgIpc) is 2.48. The molecule has 0 bridgehead atoms. The third kappa shape index (κ3) is 4.04. The molecule has 0 amide bonds. The van der Waals surface area contributed by atoms with Gasteiger partial charge in [0.05, 0.1) is 18.8 Å². The number of ether oxygens (including phenoxy) is 1. The largest absolute Gasteiger partial charge is 0.392 e. The zero-order valence-corrected chi connectivity index (χ0v) is 8.15. The molecule has 1 unspecified atom stereocenters. The highest BCUT2D eigenvalue weighted by molar-refractivity contribution is 4.76. The predicted molar refractivity (Wildman–Crippen MR) is 49.6 cm³/mol. The second kappa shape index (κ2) is 5.54. The molecule has 0 aliphatic carbocycles. The van der Waals surface area contributed by atoms with Crippen molar-refractivity contribution in [2.75, 3.05) is 32.8 Å². The molecule has 1 fully saturated rings. The van der Waals surface area contributed by atoms with Crippen LogP contribution in [-0.4, -0.2) is 60.2 Å². The lowest BCUT2D eigenvalue weighted by Crippen LogP contribution is -2.33. The summed E-state index contributed by atoms with van der Waals surface area (Å²) in [4.78, 5) is 2.06. The molecule has 78 valence electrons. The highest BCUT2D eigenvalue weighted by Crippen LogP contribution is 2.08. The summed E-state index contributed by atoms with van der Waals surface area (Å²) in [5, 5.41) is 18.7. The maximum atomic E-state index is 9.48. The van der Waals surface area contributed by atoms with Gasteiger partial charge in [-0.05, 0) is 13.3 Å². The number of nitrogens with zero attached hydrogens (tertiary/aromatic N) is 1. The molecule has 1 saturated heterocycles. The Morgan fingerprint density at radius 3 is 2.92 bits per heavy atom. The molecule has 2 N–H and O–H groups in total. The number of hydrogen-bond donors (Lipinski definition) is 2. The van der Waals surface area contributed by atoms with E-state index in [-0.39, 0.29) is 6.10 Å². The van der Waals surface area contributed by atoms with Crippen LogP contribution in [0.5, 0.6) is 0 Å². The normalized spacial score (nSPS) is 26.5. The summed E-state index contributed by atoms with van der Waals surface area (Å²) in [5.74, 6) is 0. The van der Waals surface area contributed by atoms with Crippen LogP contribution in [0.2, 0.25) is 0 Å². The number of hydrogen-bond acceptors (Lipinski definition) is 4. The van der Waals surface area contributed by atoms with Gasteiger partial charge < -0.3 is 14.9 Å². The Kier molecular flexibility index (Phi) is 4.66. The lowest BCUT2D eigenvalue weighted by molar-refractivity contribution is 0.0232. The van der Waals surface area contributed by atoms with Gasteiger partial charge in [-0.2, -0.15) is 0 Å². The molecule has 1 aliphatic rings. The molecule has 1 aliphatic heterocycles. The molecular weight excluding hydrogens is 170 g/mol. The van der Waals surface area contributed by atoms with Crippen LogP contribution in [0.25, 0.3) is 0 Å². The molecule has 4 heteroatoms. The maximum absolute atomic E-state index is 9.48. The standard InChI is InChI=1S/C9H19NO3/c1-2-13-7-9(12)6-10-4-3-8(11)5-10/h8-9,11-12H,2-7H2,1H3/t8-,9?/m0/s1. The highest BCUT2D eigenvalue weighted by atomic mass is 16.5. The van der Waals surface area contributed by atoms with Crippen LogP contribution in [0.1, 0.15) is 13.3 Å². The topological polar surface area (TPSA) is 52.9 Å². The second-order valence-corrected chi connectivity index (χ2v) is 3.52. The van der Waals surface area contributed by atoms with Crippen LogP contribution in [0, 0.1) is 0 Å². The smallest absolute Gasteiger partial charge is 0.0900 e. The van der Waals surface area contributed by atoms with Crippen LogP contribution < -0.4 is 0 Å². The van der Waals surface area contributed by atoms with Gasteiger partial charge >= 0.3 is 0 Å². The summed E-state index contributed by atoms with van der Waals surface area (Å²) in [5.41, 5.74) is 0. The molecule has 0 saturated carbocycles.